The summed E-state index contributed by atoms with van der Waals surface area (Å²) in [6.07, 6.45) is 2.24. The highest BCUT2D eigenvalue weighted by molar-refractivity contribution is 6.31. The Balaban J connectivity index is 2.97. The summed E-state index contributed by atoms with van der Waals surface area (Å²) in [5, 5.41) is 3.96. The van der Waals surface area contributed by atoms with Crippen molar-refractivity contribution < 1.29 is 4.74 Å². The third kappa shape index (κ3) is 4.65. The molecule has 114 valence electrons. The fourth-order valence-electron chi connectivity index (χ4n) is 2.49. The molecule has 20 heavy (non-hydrogen) atoms. The zero-order chi connectivity index (χ0) is 15.0. The molecule has 0 amide bonds. The van der Waals surface area contributed by atoms with E-state index in [-0.39, 0.29) is 0 Å². The minimum atomic E-state index is 0.524. The molecule has 1 aromatic rings. The van der Waals surface area contributed by atoms with Gasteiger partial charge in [-0.1, -0.05) is 31.5 Å². The number of hydrogen-bond acceptors (Lipinski definition) is 3. The zero-order valence-electron chi connectivity index (χ0n) is 13.1. The third-order valence-corrected chi connectivity index (χ3v) is 4.01. The van der Waals surface area contributed by atoms with Crippen LogP contribution in [0, 0.1) is 0 Å². The van der Waals surface area contributed by atoms with Crippen LogP contribution in [0.1, 0.15) is 32.3 Å². The van der Waals surface area contributed by atoms with E-state index >= 15 is 0 Å². The van der Waals surface area contributed by atoms with Gasteiger partial charge < -0.3 is 15.0 Å². The van der Waals surface area contributed by atoms with Gasteiger partial charge in [0, 0.05) is 37.0 Å². The number of methoxy groups -OCH3 is 1. The van der Waals surface area contributed by atoms with Gasteiger partial charge in [0.1, 0.15) is 0 Å². The number of nitrogens with zero attached hydrogens (tertiary/aromatic N) is 1. The number of benzene rings is 1. The summed E-state index contributed by atoms with van der Waals surface area (Å²) in [4.78, 5) is 2.40. The van der Waals surface area contributed by atoms with Gasteiger partial charge in [-0.2, -0.15) is 0 Å². The highest BCUT2D eigenvalue weighted by Gasteiger charge is 2.16. The Morgan fingerprint density at radius 1 is 1.30 bits per heavy atom. The average molecular weight is 299 g/mol. The van der Waals surface area contributed by atoms with Gasteiger partial charge >= 0.3 is 0 Å². The molecule has 0 bridgehead atoms. The third-order valence-electron chi connectivity index (χ3n) is 3.66. The number of nitrogens with one attached hydrogen (secondary N) is 1. The van der Waals surface area contributed by atoms with Crippen LogP contribution in [-0.2, 0) is 11.3 Å². The van der Waals surface area contributed by atoms with Gasteiger partial charge in [-0.05, 0) is 37.6 Å². The molecule has 0 fully saturated rings. The van der Waals surface area contributed by atoms with Crippen molar-refractivity contribution in [3.8, 4) is 0 Å². The standard InChI is InChI=1S/C16H27ClN2O/c1-5-14(6-2)19(9-10-20-4)15-8-7-13(12-18-3)16(17)11-15/h7-8,11,14,18H,5-6,9-10,12H2,1-4H3. The van der Waals surface area contributed by atoms with Gasteiger partial charge in [0.05, 0.1) is 6.61 Å². The minimum absolute atomic E-state index is 0.524. The van der Waals surface area contributed by atoms with E-state index in [1.165, 1.54) is 5.69 Å². The molecular formula is C16H27ClN2O. The largest absolute Gasteiger partial charge is 0.383 e. The fraction of sp³-hybridized carbons (Fsp3) is 0.625. The molecule has 0 aromatic heterocycles. The second kappa shape index (κ2) is 9.22. The summed E-state index contributed by atoms with van der Waals surface area (Å²) in [6.45, 7) is 6.87. The van der Waals surface area contributed by atoms with E-state index in [2.05, 4.69) is 42.3 Å². The number of ether oxygens (including phenoxy) is 1. The monoisotopic (exact) mass is 298 g/mol. The van der Waals surface area contributed by atoms with E-state index in [9.17, 15) is 0 Å². The van der Waals surface area contributed by atoms with Crippen molar-refractivity contribution in [2.45, 2.75) is 39.3 Å². The minimum Gasteiger partial charge on any atom is -0.383 e. The van der Waals surface area contributed by atoms with Crippen LogP contribution in [0.15, 0.2) is 18.2 Å². The van der Waals surface area contributed by atoms with Crippen molar-refractivity contribution in [1.29, 1.82) is 0 Å². The van der Waals surface area contributed by atoms with Crippen molar-refractivity contribution in [2.24, 2.45) is 0 Å². The number of rotatable bonds is 9. The van der Waals surface area contributed by atoms with Crippen molar-refractivity contribution >= 4 is 17.3 Å². The summed E-state index contributed by atoms with van der Waals surface area (Å²) in [6, 6.07) is 6.86. The molecule has 0 atom stereocenters. The lowest BCUT2D eigenvalue weighted by Crippen LogP contribution is -2.37. The molecule has 4 heteroatoms. The van der Waals surface area contributed by atoms with E-state index in [0.717, 1.165) is 43.1 Å². The van der Waals surface area contributed by atoms with E-state index in [1.54, 1.807) is 7.11 Å². The summed E-state index contributed by atoms with van der Waals surface area (Å²) in [5.41, 5.74) is 2.31. The maximum Gasteiger partial charge on any atom is 0.0637 e. The first-order chi connectivity index (χ1) is 9.67. The van der Waals surface area contributed by atoms with Crippen molar-refractivity contribution in [3.05, 3.63) is 28.8 Å². The molecule has 0 aliphatic heterocycles. The second-order valence-electron chi connectivity index (χ2n) is 4.96. The van der Waals surface area contributed by atoms with Crippen molar-refractivity contribution in [3.63, 3.8) is 0 Å². The van der Waals surface area contributed by atoms with Gasteiger partial charge in [-0.15, -0.1) is 0 Å². The van der Waals surface area contributed by atoms with E-state index in [4.69, 9.17) is 16.3 Å². The number of halogens is 1. The summed E-state index contributed by atoms with van der Waals surface area (Å²) < 4.78 is 5.24. The van der Waals surface area contributed by atoms with Crippen LogP contribution in [0.4, 0.5) is 5.69 Å². The lowest BCUT2D eigenvalue weighted by molar-refractivity contribution is 0.202. The van der Waals surface area contributed by atoms with Crippen molar-refractivity contribution in [2.75, 3.05) is 32.2 Å². The topological polar surface area (TPSA) is 24.5 Å². The molecule has 0 aliphatic carbocycles. The quantitative estimate of drug-likeness (QED) is 0.752. The first kappa shape index (κ1) is 17.3. The number of hydrogen-bond donors (Lipinski definition) is 1. The zero-order valence-corrected chi connectivity index (χ0v) is 13.8. The number of anilines is 1. The molecule has 0 radical (unpaired) electrons. The van der Waals surface area contributed by atoms with Crippen LogP contribution in [-0.4, -0.2) is 33.4 Å². The second-order valence-corrected chi connectivity index (χ2v) is 5.37. The molecule has 3 nitrogen and oxygen atoms in total. The van der Waals surface area contributed by atoms with E-state index in [0.29, 0.717) is 6.04 Å². The molecule has 0 aliphatic rings. The Morgan fingerprint density at radius 3 is 2.50 bits per heavy atom. The van der Waals surface area contributed by atoms with Gasteiger partial charge in [-0.25, -0.2) is 0 Å². The summed E-state index contributed by atoms with van der Waals surface area (Å²) in [7, 11) is 3.67. The smallest absolute Gasteiger partial charge is 0.0637 e. The van der Waals surface area contributed by atoms with Crippen LogP contribution in [0.2, 0.25) is 5.02 Å². The predicted molar refractivity (Wildman–Crippen MR) is 87.8 cm³/mol. The van der Waals surface area contributed by atoms with Gasteiger partial charge in [0.2, 0.25) is 0 Å². The highest BCUT2D eigenvalue weighted by atomic mass is 35.5. The Hall–Kier alpha value is -0.770. The maximum atomic E-state index is 6.38. The molecule has 0 saturated heterocycles. The first-order valence-corrected chi connectivity index (χ1v) is 7.74. The SMILES string of the molecule is CCC(CC)N(CCOC)c1ccc(CNC)c(Cl)c1. The Bertz CT molecular complexity index is 394. The lowest BCUT2D eigenvalue weighted by atomic mass is 10.1. The van der Waals surface area contributed by atoms with Gasteiger partial charge in [0.15, 0.2) is 0 Å². The predicted octanol–water partition coefficient (Wildman–Crippen LogP) is 3.70. The van der Waals surface area contributed by atoms with Crippen LogP contribution in [0.25, 0.3) is 0 Å². The van der Waals surface area contributed by atoms with Crippen LogP contribution in [0.5, 0.6) is 0 Å². The molecule has 0 unspecified atom stereocenters. The van der Waals surface area contributed by atoms with Gasteiger partial charge in [0.25, 0.3) is 0 Å². The highest BCUT2D eigenvalue weighted by Crippen LogP contribution is 2.26. The molecule has 0 heterocycles. The Labute approximate surface area is 128 Å². The molecule has 1 aromatic carbocycles. The Kier molecular flexibility index (Phi) is 7.97. The molecule has 1 N–H and O–H groups in total. The van der Waals surface area contributed by atoms with Crippen LogP contribution in [0.3, 0.4) is 0 Å². The maximum absolute atomic E-state index is 6.38. The molecule has 0 spiro atoms. The molecule has 1 rings (SSSR count). The Morgan fingerprint density at radius 2 is 2.00 bits per heavy atom. The van der Waals surface area contributed by atoms with Crippen molar-refractivity contribution in [1.82, 2.24) is 5.32 Å². The molecular weight excluding hydrogens is 272 g/mol. The summed E-state index contributed by atoms with van der Waals surface area (Å²) >= 11 is 6.38. The summed E-state index contributed by atoms with van der Waals surface area (Å²) in [5.74, 6) is 0. The lowest BCUT2D eigenvalue weighted by Gasteiger charge is -2.33. The van der Waals surface area contributed by atoms with Gasteiger partial charge in [-0.3, -0.25) is 0 Å². The first-order valence-electron chi connectivity index (χ1n) is 7.36. The fourth-order valence-corrected chi connectivity index (χ4v) is 2.73. The van der Waals surface area contributed by atoms with E-state index < -0.39 is 0 Å². The van der Waals surface area contributed by atoms with E-state index in [1.807, 2.05) is 7.05 Å². The van der Waals surface area contributed by atoms with Crippen LogP contribution >= 0.6 is 11.6 Å². The average Bonchev–Trinajstić information content (AvgIpc) is 2.46. The van der Waals surface area contributed by atoms with Crippen LogP contribution < -0.4 is 10.2 Å². The normalized spacial score (nSPS) is 11.1. The molecule has 0 saturated carbocycles.